The number of aromatic nitrogens is 2. The van der Waals surface area contributed by atoms with E-state index in [-0.39, 0.29) is 46.8 Å². The van der Waals surface area contributed by atoms with Gasteiger partial charge in [-0.05, 0) is 55.2 Å². The lowest BCUT2D eigenvalue weighted by Crippen LogP contribution is -2.60. The van der Waals surface area contributed by atoms with Crippen LogP contribution in [0.15, 0.2) is 41.7 Å². The summed E-state index contributed by atoms with van der Waals surface area (Å²) in [6, 6.07) is -1.22. The Labute approximate surface area is 354 Å². The molecule has 1 aliphatic carbocycles. The summed E-state index contributed by atoms with van der Waals surface area (Å²) in [6.07, 6.45) is 9.48. The molecule has 0 saturated heterocycles. The van der Waals surface area contributed by atoms with Gasteiger partial charge in [-0.3, -0.25) is 38.5 Å². The van der Waals surface area contributed by atoms with Gasteiger partial charge in [0, 0.05) is 22.4 Å². The van der Waals surface area contributed by atoms with Gasteiger partial charge in [0.15, 0.2) is 0 Å². The van der Waals surface area contributed by atoms with Crippen LogP contribution in [0.1, 0.15) is 103 Å². The molecule has 0 spiro atoms. The van der Waals surface area contributed by atoms with Crippen LogP contribution < -0.4 is 31.3 Å². The Balaban J connectivity index is 1.73. The lowest BCUT2D eigenvalue weighted by Gasteiger charge is -2.31. The maximum Gasteiger partial charge on any atom is 0.290 e. The Morgan fingerprint density at radius 1 is 0.780 bits per heavy atom. The largest absolute Gasteiger partial charge is 0.344 e. The summed E-state index contributed by atoms with van der Waals surface area (Å²) in [5, 5.41) is 12.9. The number of amides is 6. The third-order valence-corrected chi connectivity index (χ3v) is 11.7. The molecule has 324 valence electrons. The molecule has 0 bridgehead atoms. The number of nitrogens with one attached hydrogen (secondary N) is 6. The molecule has 0 radical (unpaired) electrons. The molecule has 59 heavy (non-hydrogen) atoms. The van der Waals surface area contributed by atoms with Crippen molar-refractivity contribution in [3.05, 3.63) is 52.5 Å². The lowest BCUT2D eigenvalue weighted by atomic mass is 9.84. The third-order valence-electron chi connectivity index (χ3n) is 9.91. The van der Waals surface area contributed by atoms with Crippen LogP contribution >= 0.6 is 23.2 Å². The van der Waals surface area contributed by atoms with E-state index in [0.29, 0.717) is 6.42 Å². The summed E-state index contributed by atoms with van der Waals surface area (Å²) in [5.74, 6) is -6.48. The first kappa shape index (κ1) is 48.7. The quantitative estimate of drug-likeness (QED) is 0.0995. The third kappa shape index (κ3) is 15.5. The van der Waals surface area contributed by atoms with E-state index in [2.05, 4.69) is 36.6 Å². The number of benzene rings is 1. The van der Waals surface area contributed by atoms with Crippen molar-refractivity contribution in [1.82, 2.24) is 41.3 Å². The van der Waals surface area contributed by atoms with Gasteiger partial charge in [-0.15, -0.1) is 0 Å². The Bertz CT molecular complexity index is 1910. The van der Waals surface area contributed by atoms with Crippen LogP contribution in [0.5, 0.6) is 0 Å². The number of halogens is 2. The fourth-order valence-corrected chi connectivity index (χ4v) is 8.23. The van der Waals surface area contributed by atoms with Gasteiger partial charge in [-0.2, -0.15) is 0 Å². The number of Topliss-reactive ketones (excluding diaryl/α,β-unsaturated/α-hetero) is 1. The van der Waals surface area contributed by atoms with Crippen LogP contribution in [-0.4, -0.2) is 90.3 Å². The van der Waals surface area contributed by atoms with Gasteiger partial charge < -0.3 is 26.6 Å². The zero-order valence-electron chi connectivity index (χ0n) is 33.8. The van der Waals surface area contributed by atoms with Crippen molar-refractivity contribution in [2.75, 3.05) is 6.54 Å². The maximum absolute atomic E-state index is 14.1. The molecule has 6 amide bonds. The predicted molar refractivity (Wildman–Crippen MR) is 219 cm³/mol. The molecule has 1 aliphatic rings. The van der Waals surface area contributed by atoms with Crippen LogP contribution in [0.25, 0.3) is 0 Å². The van der Waals surface area contributed by atoms with E-state index in [9.17, 15) is 42.0 Å². The van der Waals surface area contributed by atoms with Crippen molar-refractivity contribution < 1.29 is 42.0 Å². The minimum Gasteiger partial charge on any atom is -0.344 e. The Morgan fingerprint density at radius 2 is 1.41 bits per heavy atom. The Kier molecular flexibility index (Phi) is 19.1. The SMILES string of the molecule is CCC(C)C(NC(=O)[C@H](CC(C)C)NC(=O)c1cnccn1)C(=O)N[C@@H](CC1CCCCC1)C(=O)N[C@@H](CC)C(=O)C(=O)NCC(=O)NS(=O)(=O)c1cc(Cl)cc(Cl)c1. The molecule has 20 heteroatoms. The maximum atomic E-state index is 14.1. The van der Waals surface area contributed by atoms with E-state index in [0.717, 1.165) is 44.2 Å². The smallest absolute Gasteiger partial charge is 0.290 e. The van der Waals surface area contributed by atoms with Crippen LogP contribution in [-0.2, 0) is 38.8 Å². The van der Waals surface area contributed by atoms with Gasteiger partial charge in [-0.25, -0.2) is 18.1 Å². The van der Waals surface area contributed by atoms with E-state index in [1.807, 2.05) is 20.8 Å². The van der Waals surface area contributed by atoms with Gasteiger partial charge in [-0.1, -0.05) is 96.3 Å². The molecule has 5 atom stereocenters. The van der Waals surface area contributed by atoms with E-state index in [4.69, 9.17) is 23.2 Å². The summed E-state index contributed by atoms with van der Waals surface area (Å²) < 4.78 is 27.0. The molecule has 3 rings (SSSR count). The molecule has 2 aromatic rings. The van der Waals surface area contributed by atoms with Crippen molar-refractivity contribution >= 4 is 74.5 Å². The van der Waals surface area contributed by atoms with Crippen LogP contribution in [0.3, 0.4) is 0 Å². The Morgan fingerprint density at radius 3 is 1.98 bits per heavy atom. The van der Waals surface area contributed by atoms with Crippen LogP contribution in [0.4, 0.5) is 0 Å². The first-order valence-electron chi connectivity index (χ1n) is 19.7. The minimum absolute atomic E-state index is 0.00705. The molecule has 1 saturated carbocycles. The zero-order chi connectivity index (χ0) is 43.9. The highest BCUT2D eigenvalue weighted by molar-refractivity contribution is 7.90. The Hall–Kier alpha value is -4.68. The number of carbonyl (C=O) groups is 7. The molecule has 6 N–H and O–H groups in total. The zero-order valence-corrected chi connectivity index (χ0v) is 36.1. The number of rotatable bonds is 21. The first-order valence-corrected chi connectivity index (χ1v) is 21.9. The molecule has 1 aromatic heterocycles. The molecular weight excluding hydrogens is 827 g/mol. The summed E-state index contributed by atoms with van der Waals surface area (Å²) in [6.45, 7) is 8.02. The van der Waals surface area contributed by atoms with Crippen molar-refractivity contribution in [3.63, 3.8) is 0 Å². The standard InChI is InChI=1S/C39H54Cl2N8O9S/c1-6-23(5)33(48-36(53)29(15-22(3)4)46-37(54)31-20-42-13-14-43-31)38(55)47-30(16-24-11-9-8-10-12-24)35(52)45-28(7-2)34(51)39(56)44-21-32(50)49-59(57,58)27-18-25(40)17-26(41)19-27/h13-14,17-20,22-24,28-30,33H,6-12,15-16,21H2,1-5H3,(H,44,56)(H,45,52)(H,46,54)(H,47,55)(H,48,53)(H,49,50)/t23?,28-,29-,30-,33?/m0/s1. The number of nitrogens with zero attached hydrogens (tertiary/aromatic N) is 2. The fraction of sp³-hybridized carbons (Fsp3) is 0.564. The van der Waals surface area contributed by atoms with Crippen molar-refractivity contribution in [3.8, 4) is 0 Å². The number of carbonyl (C=O) groups excluding carboxylic acids is 7. The van der Waals surface area contributed by atoms with Crippen LogP contribution in [0, 0.1) is 17.8 Å². The van der Waals surface area contributed by atoms with Gasteiger partial charge in [0.25, 0.3) is 27.7 Å². The second kappa shape index (κ2) is 23.2. The van der Waals surface area contributed by atoms with E-state index < -0.39 is 92.8 Å². The monoisotopic (exact) mass is 880 g/mol. The highest BCUT2D eigenvalue weighted by Crippen LogP contribution is 2.28. The molecule has 1 aromatic carbocycles. The summed E-state index contributed by atoms with van der Waals surface area (Å²) in [5.41, 5.74) is 0.0140. The van der Waals surface area contributed by atoms with Gasteiger partial charge in [0.1, 0.15) is 23.8 Å². The second-order valence-corrected chi connectivity index (χ2v) is 17.6. The van der Waals surface area contributed by atoms with E-state index in [1.54, 1.807) is 18.6 Å². The lowest BCUT2D eigenvalue weighted by molar-refractivity contribution is -0.141. The molecule has 0 aliphatic heterocycles. The second-order valence-electron chi connectivity index (χ2n) is 15.1. The highest BCUT2D eigenvalue weighted by atomic mass is 35.5. The van der Waals surface area contributed by atoms with Gasteiger partial charge in [0.2, 0.25) is 23.5 Å². The summed E-state index contributed by atoms with van der Waals surface area (Å²) in [7, 11) is -4.43. The van der Waals surface area contributed by atoms with Crippen molar-refractivity contribution in [1.29, 1.82) is 0 Å². The topological polar surface area (TPSA) is 252 Å². The van der Waals surface area contributed by atoms with Crippen LogP contribution in [0.2, 0.25) is 10.0 Å². The molecule has 1 fully saturated rings. The summed E-state index contributed by atoms with van der Waals surface area (Å²) in [4.78, 5) is 101. The first-order chi connectivity index (χ1) is 27.8. The normalized spacial score (nSPS) is 15.7. The minimum atomic E-state index is -4.43. The molecular formula is C39H54Cl2N8O9S. The average molecular weight is 882 g/mol. The highest BCUT2D eigenvalue weighted by Gasteiger charge is 2.35. The fourth-order valence-electron chi connectivity index (χ4n) is 6.52. The number of sulfonamides is 1. The number of ketones is 1. The van der Waals surface area contributed by atoms with Crippen molar-refractivity contribution in [2.24, 2.45) is 17.8 Å². The average Bonchev–Trinajstić information content (AvgIpc) is 3.19. The van der Waals surface area contributed by atoms with Crippen molar-refractivity contribution in [2.45, 2.75) is 121 Å². The molecule has 17 nitrogen and oxygen atoms in total. The van der Waals surface area contributed by atoms with E-state index >= 15 is 0 Å². The molecule has 1 heterocycles. The summed E-state index contributed by atoms with van der Waals surface area (Å²) >= 11 is 11.7. The van der Waals surface area contributed by atoms with Gasteiger partial charge >= 0.3 is 0 Å². The number of hydrogen-bond acceptors (Lipinski definition) is 11. The molecule has 2 unspecified atom stereocenters. The van der Waals surface area contributed by atoms with Gasteiger partial charge in [0.05, 0.1) is 23.7 Å². The number of hydrogen-bond donors (Lipinski definition) is 6. The predicted octanol–water partition coefficient (Wildman–Crippen LogP) is 3.00. The van der Waals surface area contributed by atoms with E-state index in [1.165, 1.54) is 24.7 Å².